The van der Waals surface area contributed by atoms with E-state index in [-0.39, 0.29) is 0 Å². The van der Waals surface area contributed by atoms with Crippen LogP contribution in [0, 0.1) is 17.8 Å². The molecule has 32 heavy (non-hydrogen) atoms. The van der Waals surface area contributed by atoms with Gasteiger partial charge < -0.3 is 0 Å². The molecule has 0 unspecified atom stereocenters. The van der Waals surface area contributed by atoms with Crippen LogP contribution in [0.25, 0.3) is 0 Å². The van der Waals surface area contributed by atoms with Gasteiger partial charge in [-0.05, 0) is 99.0 Å². The van der Waals surface area contributed by atoms with Crippen molar-refractivity contribution < 1.29 is 0 Å². The van der Waals surface area contributed by atoms with Gasteiger partial charge in [0, 0.05) is 0 Å². The minimum atomic E-state index is 0.823. The molecule has 180 valence electrons. The van der Waals surface area contributed by atoms with Gasteiger partial charge in [-0.25, -0.2) is 0 Å². The highest BCUT2D eigenvalue weighted by molar-refractivity contribution is 5.26. The molecule has 0 nitrogen and oxygen atoms in total. The number of unbranched alkanes of at least 4 members (excludes halogenated alkanes) is 4. The predicted octanol–water partition coefficient (Wildman–Crippen LogP) is 10.4. The maximum Gasteiger partial charge on any atom is -0.0162 e. The van der Waals surface area contributed by atoms with E-state index < -0.39 is 0 Å². The Morgan fingerprint density at radius 1 is 0.688 bits per heavy atom. The van der Waals surface area contributed by atoms with Crippen LogP contribution in [0.1, 0.15) is 140 Å². The smallest absolute Gasteiger partial charge is 0.0162 e. The lowest BCUT2D eigenvalue weighted by atomic mass is 9.77. The highest BCUT2D eigenvalue weighted by atomic mass is 14.3. The van der Waals surface area contributed by atoms with Crippen molar-refractivity contribution in [2.75, 3.05) is 0 Å². The number of hydrogen-bond acceptors (Lipinski definition) is 0. The molecule has 2 fully saturated rings. The molecule has 0 amide bonds. The fraction of sp³-hybridized carbons (Fsp3) is 0.750. The van der Waals surface area contributed by atoms with Crippen molar-refractivity contribution in [3.63, 3.8) is 0 Å². The van der Waals surface area contributed by atoms with Gasteiger partial charge in [-0.15, -0.1) is 0 Å². The first-order chi connectivity index (χ1) is 15.8. The van der Waals surface area contributed by atoms with Crippen molar-refractivity contribution in [2.45, 2.75) is 135 Å². The van der Waals surface area contributed by atoms with Gasteiger partial charge in [0.1, 0.15) is 0 Å². The first-order valence-corrected chi connectivity index (χ1v) is 14.5. The van der Waals surface area contributed by atoms with E-state index in [4.69, 9.17) is 0 Å². The molecule has 0 spiro atoms. The predicted molar refractivity (Wildman–Crippen MR) is 142 cm³/mol. The monoisotopic (exact) mass is 436 g/mol. The maximum absolute atomic E-state index is 2.55. The van der Waals surface area contributed by atoms with Crippen molar-refractivity contribution in [1.29, 1.82) is 0 Å². The molecule has 1 aromatic carbocycles. The van der Waals surface area contributed by atoms with Crippen LogP contribution in [0.3, 0.4) is 0 Å². The van der Waals surface area contributed by atoms with E-state index in [2.05, 4.69) is 50.3 Å². The summed E-state index contributed by atoms with van der Waals surface area (Å²) in [5.74, 6) is 3.72. The molecule has 0 radical (unpaired) electrons. The Hall–Kier alpha value is -1.04. The highest BCUT2D eigenvalue weighted by Crippen LogP contribution is 2.38. The van der Waals surface area contributed by atoms with Crippen LogP contribution in [0.5, 0.6) is 0 Å². The molecule has 2 saturated carbocycles. The summed E-state index contributed by atoms with van der Waals surface area (Å²) < 4.78 is 0. The third-order valence-corrected chi connectivity index (χ3v) is 8.63. The number of rotatable bonds is 13. The Morgan fingerprint density at radius 2 is 1.25 bits per heavy atom. The van der Waals surface area contributed by atoms with Crippen molar-refractivity contribution in [2.24, 2.45) is 17.8 Å². The molecule has 0 saturated heterocycles. The molecule has 2 aliphatic rings. The summed E-state index contributed by atoms with van der Waals surface area (Å²) >= 11 is 0. The molecule has 3 rings (SSSR count). The second-order valence-corrected chi connectivity index (χ2v) is 11.2. The van der Waals surface area contributed by atoms with Crippen molar-refractivity contribution in [1.82, 2.24) is 0 Å². The normalized spacial score (nSPS) is 26.6. The van der Waals surface area contributed by atoms with E-state index in [1.165, 1.54) is 121 Å². The zero-order valence-electron chi connectivity index (χ0n) is 21.5. The van der Waals surface area contributed by atoms with E-state index in [0.29, 0.717) is 0 Å². The molecule has 0 heteroatoms. The van der Waals surface area contributed by atoms with Crippen LogP contribution >= 0.6 is 0 Å². The molecular formula is C32H52. The molecular weight excluding hydrogens is 384 g/mol. The van der Waals surface area contributed by atoms with Crippen LogP contribution in [-0.4, -0.2) is 0 Å². The van der Waals surface area contributed by atoms with Crippen LogP contribution in [-0.2, 0) is 6.42 Å². The van der Waals surface area contributed by atoms with Crippen LogP contribution in [0.2, 0.25) is 0 Å². The molecule has 0 N–H and O–H groups in total. The van der Waals surface area contributed by atoms with Crippen LogP contribution in [0.15, 0.2) is 36.4 Å². The quantitative estimate of drug-likeness (QED) is 0.213. The van der Waals surface area contributed by atoms with Gasteiger partial charge in [-0.1, -0.05) is 102 Å². The number of allylic oxidation sites excluding steroid dienone is 2. The van der Waals surface area contributed by atoms with Gasteiger partial charge in [0.05, 0.1) is 0 Å². The van der Waals surface area contributed by atoms with Gasteiger partial charge in [0.25, 0.3) is 0 Å². The minimum absolute atomic E-state index is 0.823. The lowest BCUT2D eigenvalue weighted by molar-refractivity contribution is 0.289. The van der Waals surface area contributed by atoms with E-state index in [0.717, 1.165) is 23.7 Å². The third-order valence-electron chi connectivity index (χ3n) is 8.63. The second kappa shape index (κ2) is 15.0. The minimum Gasteiger partial charge on any atom is -0.0879 e. The first-order valence-electron chi connectivity index (χ1n) is 14.5. The summed E-state index contributed by atoms with van der Waals surface area (Å²) in [4.78, 5) is 0. The zero-order valence-corrected chi connectivity index (χ0v) is 21.5. The molecule has 0 atom stereocenters. The summed E-state index contributed by atoms with van der Waals surface area (Å²) in [5.41, 5.74) is 3.12. The molecule has 2 aliphatic carbocycles. The summed E-state index contributed by atoms with van der Waals surface area (Å²) in [6.07, 6.45) is 30.5. The fourth-order valence-corrected chi connectivity index (χ4v) is 6.31. The molecule has 0 aromatic heterocycles. The summed E-state index contributed by atoms with van der Waals surface area (Å²) in [6.45, 7) is 4.63. The van der Waals surface area contributed by atoms with E-state index in [1.54, 1.807) is 5.56 Å². The number of benzene rings is 1. The second-order valence-electron chi connectivity index (χ2n) is 11.2. The standard InChI is InChI=1S/C32H52/c1-3-5-7-11-27-15-17-28(18-16-27)13-9-10-14-30-21-25-32(26-22-30)31-23-19-29(20-24-31)12-8-6-4-2/h9,13,21-22,25-29,31H,3-8,10-12,14-20,23-24H2,1-2H3/b13-9+. The Kier molecular flexibility index (Phi) is 12.0. The summed E-state index contributed by atoms with van der Waals surface area (Å²) in [6, 6.07) is 9.72. The van der Waals surface area contributed by atoms with Gasteiger partial charge in [-0.3, -0.25) is 0 Å². The van der Waals surface area contributed by atoms with Crippen molar-refractivity contribution in [3.8, 4) is 0 Å². The van der Waals surface area contributed by atoms with Crippen LogP contribution in [0.4, 0.5) is 0 Å². The van der Waals surface area contributed by atoms with Crippen molar-refractivity contribution in [3.05, 3.63) is 47.5 Å². The van der Waals surface area contributed by atoms with E-state index in [9.17, 15) is 0 Å². The van der Waals surface area contributed by atoms with Gasteiger partial charge >= 0.3 is 0 Å². The average molecular weight is 437 g/mol. The molecule has 0 bridgehead atoms. The number of hydrogen-bond donors (Lipinski definition) is 0. The van der Waals surface area contributed by atoms with E-state index in [1.807, 2.05) is 0 Å². The lowest BCUT2D eigenvalue weighted by Crippen LogP contribution is -2.13. The van der Waals surface area contributed by atoms with Gasteiger partial charge in [0.15, 0.2) is 0 Å². The van der Waals surface area contributed by atoms with E-state index >= 15 is 0 Å². The number of aryl methyl sites for hydroxylation is 1. The van der Waals surface area contributed by atoms with Gasteiger partial charge in [-0.2, -0.15) is 0 Å². The van der Waals surface area contributed by atoms with Crippen molar-refractivity contribution >= 4 is 0 Å². The fourth-order valence-electron chi connectivity index (χ4n) is 6.31. The largest absolute Gasteiger partial charge is 0.0879 e. The SMILES string of the molecule is CCCCCC1CCC(/C=C/CCc2ccc(C3CCC(CCCCC)CC3)cc2)CC1. The third kappa shape index (κ3) is 9.07. The topological polar surface area (TPSA) is 0 Å². The summed E-state index contributed by atoms with van der Waals surface area (Å²) in [7, 11) is 0. The zero-order chi connectivity index (χ0) is 22.4. The highest BCUT2D eigenvalue weighted by Gasteiger charge is 2.22. The Balaban J connectivity index is 1.30. The molecule has 1 aromatic rings. The maximum atomic E-state index is 2.55. The summed E-state index contributed by atoms with van der Waals surface area (Å²) in [5, 5.41) is 0. The lowest BCUT2D eigenvalue weighted by Gasteiger charge is -2.29. The van der Waals surface area contributed by atoms with Gasteiger partial charge in [0.2, 0.25) is 0 Å². The first kappa shape index (κ1) is 25.6. The molecule has 0 heterocycles. The average Bonchev–Trinajstić information content (AvgIpc) is 2.84. The Labute approximate surface area is 200 Å². The Morgan fingerprint density at radius 3 is 1.81 bits per heavy atom. The van der Waals surface area contributed by atoms with Crippen LogP contribution < -0.4 is 0 Å². The Bertz CT molecular complexity index is 608. The molecule has 0 aliphatic heterocycles.